The second kappa shape index (κ2) is 67.5. The van der Waals surface area contributed by atoms with Crippen molar-refractivity contribution in [2.24, 2.45) is 0 Å². The zero-order chi connectivity index (χ0) is 69.0. The Morgan fingerprint density at radius 1 is 0.309 bits per heavy atom. The SMILES string of the molecule is CC/C=C\C/C=C\C/C=C\C/C=C\C/C=C\C/C=C\CCC(=O)OCC(COP(=O)(O)OCC(O)COP(=O)(O)OCC(COC(=O)CCCCCCC/C=C\CCCC)OC(=O)CCCCCCC/C=C\CCCC)OC(=O)CCCCCCCCCCCCCCC. The second-order valence-electron chi connectivity index (χ2n) is 24.2. The molecule has 5 atom stereocenters. The van der Waals surface area contributed by atoms with Crippen LogP contribution >= 0.6 is 15.6 Å². The molecule has 0 heterocycles. The number of hydrogen-bond donors (Lipinski definition) is 3. The highest BCUT2D eigenvalue weighted by molar-refractivity contribution is 7.47. The fourth-order valence-corrected chi connectivity index (χ4v) is 11.0. The maximum Gasteiger partial charge on any atom is 0.472 e. The van der Waals surface area contributed by atoms with E-state index in [4.69, 9.17) is 37.0 Å². The summed E-state index contributed by atoms with van der Waals surface area (Å²) in [5.41, 5.74) is 0. The first kappa shape index (κ1) is 90.0. The first-order valence-electron chi connectivity index (χ1n) is 36.5. The molecular formula is C75H130O17P2. The number of aliphatic hydroxyl groups is 1. The van der Waals surface area contributed by atoms with Crippen molar-refractivity contribution >= 4 is 39.5 Å². The van der Waals surface area contributed by atoms with Crippen molar-refractivity contribution in [3.8, 4) is 0 Å². The molecular weight excluding hydrogens is 1230 g/mol. The highest BCUT2D eigenvalue weighted by atomic mass is 31.2. The number of ether oxygens (including phenoxy) is 4. The van der Waals surface area contributed by atoms with Gasteiger partial charge >= 0.3 is 39.5 Å². The number of rotatable bonds is 68. The maximum atomic E-state index is 13.0. The molecule has 0 spiro atoms. The highest BCUT2D eigenvalue weighted by Gasteiger charge is 2.30. The summed E-state index contributed by atoms with van der Waals surface area (Å²) < 4.78 is 68.2. The Kier molecular flexibility index (Phi) is 64.7. The lowest BCUT2D eigenvalue weighted by Gasteiger charge is -2.21. The van der Waals surface area contributed by atoms with Crippen molar-refractivity contribution in [3.63, 3.8) is 0 Å². The van der Waals surface area contributed by atoms with Crippen LogP contribution in [0, 0.1) is 0 Å². The Morgan fingerprint density at radius 2 is 0.585 bits per heavy atom. The summed E-state index contributed by atoms with van der Waals surface area (Å²) in [5, 5.41) is 10.6. The molecule has 0 bridgehead atoms. The summed E-state index contributed by atoms with van der Waals surface area (Å²) in [6.07, 6.45) is 68.7. The van der Waals surface area contributed by atoms with Crippen molar-refractivity contribution in [2.45, 2.75) is 316 Å². The van der Waals surface area contributed by atoms with Crippen LogP contribution in [0.1, 0.15) is 297 Å². The van der Waals surface area contributed by atoms with Crippen molar-refractivity contribution in [2.75, 3.05) is 39.6 Å². The Bertz CT molecular complexity index is 2170. The molecule has 0 saturated heterocycles. The minimum absolute atomic E-state index is 0.0376. The third kappa shape index (κ3) is 66.6. The van der Waals surface area contributed by atoms with E-state index in [1.165, 1.54) is 77.0 Å². The standard InChI is InChI=1S/C75H130O17P2/c1-5-9-13-17-21-25-29-31-32-33-34-35-36-38-41-44-48-52-56-60-73(78)86-66-71(92-75(80)62-58-54-50-46-42-37-30-26-22-18-14-10-6-2)68-90-94(83,84)88-64-69(76)63-87-93(81,82)89-67-70(91-74(79)61-57-53-49-45-40-28-24-20-16-12-8-4)65-85-72(77)59-55-51-47-43-39-27-23-19-15-11-7-3/h9,13,19-21,23-25,31-32,34-35,38,41,48,52,69-71,76H,5-8,10-12,14-18,22,26-30,33,36-37,39-40,42-47,49-51,53-68H2,1-4H3,(H,81,82)(H,83,84)/b13-9-,23-19-,24-20-,25-21-,32-31-,35-34-,41-38-,52-48-. The van der Waals surface area contributed by atoms with Crippen molar-refractivity contribution in [1.82, 2.24) is 0 Å². The number of allylic oxidation sites excluding steroid dienone is 16. The lowest BCUT2D eigenvalue weighted by atomic mass is 10.0. The van der Waals surface area contributed by atoms with E-state index >= 15 is 0 Å². The van der Waals surface area contributed by atoms with Gasteiger partial charge in [-0.1, -0.05) is 266 Å². The van der Waals surface area contributed by atoms with Gasteiger partial charge in [0, 0.05) is 25.7 Å². The van der Waals surface area contributed by atoms with Crippen LogP contribution in [0.4, 0.5) is 0 Å². The number of unbranched alkanes of at least 4 members (excludes halogenated alkanes) is 26. The Hall–Kier alpha value is -4.02. The van der Waals surface area contributed by atoms with Crippen molar-refractivity contribution in [1.29, 1.82) is 0 Å². The van der Waals surface area contributed by atoms with E-state index in [2.05, 4.69) is 107 Å². The molecule has 0 aromatic heterocycles. The normalized spacial score (nSPS) is 14.6. The first-order chi connectivity index (χ1) is 45.7. The predicted molar refractivity (Wildman–Crippen MR) is 381 cm³/mol. The summed E-state index contributed by atoms with van der Waals surface area (Å²) in [6.45, 7) is 4.57. The quantitative estimate of drug-likeness (QED) is 0.0169. The van der Waals surface area contributed by atoms with E-state index in [1.54, 1.807) is 0 Å². The molecule has 17 nitrogen and oxygen atoms in total. The Balaban J connectivity index is 5.36. The summed E-state index contributed by atoms with van der Waals surface area (Å²) in [5.74, 6) is -2.28. The number of esters is 4. The molecule has 0 rings (SSSR count). The van der Waals surface area contributed by atoms with Gasteiger partial charge in [0.1, 0.15) is 19.3 Å². The summed E-state index contributed by atoms with van der Waals surface area (Å²) in [7, 11) is -9.95. The monoisotopic (exact) mass is 1360 g/mol. The largest absolute Gasteiger partial charge is 0.472 e. The molecule has 94 heavy (non-hydrogen) atoms. The van der Waals surface area contributed by atoms with Gasteiger partial charge < -0.3 is 33.8 Å². The van der Waals surface area contributed by atoms with E-state index in [9.17, 15) is 43.2 Å². The third-order valence-corrected chi connectivity index (χ3v) is 16.9. The lowest BCUT2D eigenvalue weighted by molar-refractivity contribution is -0.161. The lowest BCUT2D eigenvalue weighted by Crippen LogP contribution is -2.30. The van der Waals surface area contributed by atoms with Gasteiger partial charge in [0.25, 0.3) is 0 Å². The van der Waals surface area contributed by atoms with Gasteiger partial charge in [0.05, 0.1) is 26.4 Å². The van der Waals surface area contributed by atoms with Gasteiger partial charge in [-0.25, -0.2) is 9.13 Å². The van der Waals surface area contributed by atoms with E-state index in [-0.39, 0.29) is 25.7 Å². The predicted octanol–water partition coefficient (Wildman–Crippen LogP) is 20.4. The number of carbonyl (C=O) groups excluding carboxylic acids is 4. The van der Waals surface area contributed by atoms with Crippen LogP contribution in [0.5, 0.6) is 0 Å². The number of phosphoric acid groups is 2. The van der Waals surface area contributed by atoms with E-state index in [1.807, 2.05) is 18.2 Å². The van der Waals surface area contributed by atoms with E-state index in [0.717, 1.165) is 135 Å². The average Bonchev–Trinajstić information content (AvgIpc) is 1.73. The zero-order valence-corrected chi connectivity index (χ0v) is 60.7. The Labute approximate surface area is 569 Å². The smallest absolute Gasteiger partial charge is 0.462 e. The molecule has 3 N–H and O–H groups in total. The average molecular weight is 1370 g/mol. The molecule has 0 aliphatic rings. The van der Waals surface area contributed by atoms with E-state index < -0.39 is 97.5 Å². The van der Waals surface area contributed by atoms with Crippen molar-refractivity contribution in [3.05, 3.63) is 97.2 Å². The first-order valence-corrected chi connectivity index (χ1v) is 39.5. The molecule has 0 fully saturated rings. The molecule has 5 unspecified atom stereocenters. The summed E-state index contributed by atoms with van der Waals surface area (Å²) in [4.78, 5) is 72.5. The maximum absolute atomic E-state index is 13.0. The van der Waals surface area contributed by atoms with Crippen LogP contribution in [0.2, 0.25) is 0 Å². The van der Waals surface area contributed by atoms with Gasteiger partial charge in [0.15, 0.2) is 12.2 Å². The van der Waals surface area contributed by atoms with Crippen LogP contribution in [-0.2, 0) is 65.4 Å². The van der Waals surface area contributed by atoms with Gasteiger partial charge in [-0.15, -0.1) is 0 Å². The molecule has 0 saturated carbocycles. The second-order valence-corrected chi connectivity index (χ2v) is 27.1. The van der Waals surface area contributed by atoms with E-state index in [0.29, 0.717) is 32.1 Å². The third-order valence-electron chi connectivity index (χ3n) is 15.0. The highest BCUT2D eigenvalue weighted by Crippen LogP contribution is 2.45. The minimum Gasteiger partial charge on any atom is -0.462 e. The van der Waals surface area contributed by atoms with Crippen molar-refractivity contribution < 1.29 is 80.2 Å². The molecule has 0 amide bonds. The molecule has 19 heteroatoms. The summed E-state index contributed by atoms with van der Waals surface area (Å²) in [6, 6.07) is 0. The molecule has 0 aromatic carbocycles. The van der Waals surface area contributed by atoms with Gasteiger partial charge in [-0.05, 0) is 103 Å². The number of carbonyl (C=O) groups is 4. The Morgan fingerprint density at radius 3 is 0.947 bits per heavy atom. The topological polar surface area (TPSA) is 237 Å². The van der Waals surface area contributed by atoms with Gasteiger partial charge in [-0.2, -0.15) is 0 Å². The number of aliphatic hydroxyl groups excluding tert-OH is 1. The number of phosphoric ester groups is 2. The fourth-order valence-electron chi connectivity index (χ4n) is 9.44. The fraction of sp³-hybridized carbons (Fsp3) is 0.733. The molecule has 0 aromatic rings. The van der Waals surface area contributed by atoms with Gasteiger partial charge in [-0.3, -0.25) is 37.3 Å². The van der Waals surface area contributed by atoms with Crippen LogP contribution < -0.4 is 0 Å². The van der Waals surface area contributed by atoms with Crippen LogP contribution in [-0.4, -0.2) is 96.7 Å². The van der Waals surface area contributed by atoms with Crippen LogP contribution in [0.3, 0.4) is 0 Å². The molecule has 0 aliphatic carbocycles. The summed E-state index contributed by atoms with van der Waals surface area (Å²) >= 11 is 0. The molecule has 0 aliphatic heterocycles. The van der Waals surface area contributed by atoms with Crippen LogP contribution in [0.15, 0.2) is 97.2 Å². The number of hydrogen-bond acceptors (Lipinski definition) is 15. The molecule has 0 radical (unpaired) electrons. The minimum atomic E-state index is -4.98. The van der Waals surface area contributed by atoms with Crippen LogP contribution in [0.25, 0.3) is 0 Å². The van der Waals surface area contributed by atoms with Gasteiger partial charge in [0.2, 0.25) is 0 Å². The zero-order valence-electron chi connectivity index (χ0n) is 58.9. The molecule has 542 valence electrons.